The largest absolute Gasteiger partial charge is 0.481 e. The summed E-state index contributed by atoms with van der Waals surface area (Å²) in [6, 6.07) is 2.77. The van der Waals surface area contributed by atoms with Crippen molar-refractivity contribution in [2.45, 2.75) is 44.8 Å². The number of aryl methyl sites for hydroxylation is 2. The number of carboxylic acid groups (broad SMARTS) is 1. The first-order valence-electron chi connectivity index (χ1n) is 6.54. The van der Waals surface area contributed by atoms with Crippen molar-refractivity contribution in [3.8, 4) is 0 Å². The van der Waals surface area contributed by atoms with E-state index in [1.165, 1.54) is 5.69 Å². The number of carboxylic acids is 1. The number of carbonyl (C=O) groups is 1. The molecule has 2 aliphatic heterocycles. The van der Waals surface area contributed by atoms with E-state index in [4.69, 9.17) is 0 Å². The van der Waals surface area contributed by atoms with Gasteiger partial charge in [0.1, 0.15) is 0 Å². The molecule has 0 saturated carbocycles. The second-order valence-electron chi connectivity index (χ2n) is 5.55. The summed E-state index contributed by atoms with van der Waals surface area (Å²) < 4.78 is 1.91. The van der Waals surface area contributed by atoms with Crippen LogP contribution in [0.25, 0.3) is 0 Å². The molecule has 2 saturated heterocycles. The molecule has 0 amide bonds. The highest BCUT2D eigenvalue weighted by Crippen LogP contribution is 2.42. The third-order valence-corrected chi connectivity index (χ3v) is 4.44. The van der Waals surface area contributed by atoms with Crippen LogP contribution in [0, 0.1) is 12.8 Å². The van der Waals surface area contributed by atoms with E-state index in [1.54, 1.807) is 0 Å². The smallest absolute Gasteiger partial charge is 0.308 e. The molecule has 2 aliphatic rings. The maximum Gasteiger partial charge on any atom is 0.308 e. The standard InChI is InChI=1S/C13H19N3O2/c1-8-5-10(15(2)14-8)7-16-9-3-4-12(16)11(6-9)13(17)18/h5,9,11-12H,3-4,6-7H2,1-2H3,(H,17,18). The Bertz CT molecular complexity index is 483. The first-order chi connectivity index (χ1) is 8.56. The number of aromatic nitrogens is 2. The molecule has 1 aromatic rings. The Hall–Kier alpha value is -1.36. The van der Waals surface area contributed by atoms with Crippen LogP contribution < -0.4 is 0 Å². The molecule has 1 N–H and O–H groups in total. The highest BCUT2D eigenvalue weighted by Gasteiger charge is 2.49. The molecule has 2 fully saturated rings. The minimum absolute atomic E-state index is 0.168. The fourth-order valence-electron chi connectivity index (χ4n) is 3.61. The molecular weight excluding hydrogens is 230 g/mol. The van der Waals surface area contributed by atoms with E-state index < -0.39 is 5.97 Å². The molecule has 0 spiro atoms. The summed E-state index contributed by atoms with van der Waals surface area (Å²) in [4.78, 5) is 13.6. The molecule has 0 radical (unpaired) electrons. The first-order valence-corrected chi connectivity index (χ1v) is 6.54. The average molecular weight is 249 g/mol. The average Bonchev–Trinajstić information content (AvgIpc) is 2.94. The summed E-state index contributed by atoms with van der Waals surface area (Å²) in [5.74, 6) is -0.800. The topological polar surface area (TPSA) is 58.4 Å². The Morgan fingerprint density at radius 1 is 1.56 bits per heavy atom. The lowest BCUT2D eigenvalue weighted by molar-refractivity contribution is -0.142. The normalized spacial score (nSPS) is 31.1. The number of hydrogen-bond acceptors (Lipinski definition) is 3. The van der Waals surface area contributed by atoms with Gasteiger partial charge in [0.05, 0.1) is 17.3 Å². The van der Waals surface area contributed by atoms with Gasteiger partial charge in [0.25, 0.3) is 0 Å². The second-order valence-corrected chi connectivity index (χ2v) is 5.55. The van der Waals surface area contributed by atoms with Crippen LogP contribution in [0.15, 0.2) is 6.07 Å². The van der Waals surface area contributed by atoms with E-state index in [2.05, 4.69) is 16.1 Å². The van der Waals surface area contributed by atoms with Gasteiger partial charge >= 0.3 is 5.97 Å². The highest BCUT2D eigenvalue weighted by atomic mass is 16.4. The summed E-state index contributed by atoms with van der Waals surface area (Å²) in [7, 11) is 1.95. The Balaban J connectivity index is 1.78. The van der Waals surface area contributed by atoms with Crippen LogP contribution in [0.1, 0.15) is 30.7 Å². The molecule has 5 nitrogen and oxygen atoms in total. The molecule has 98 valence electrons. The van der Waals surface area contributed by atoms with Gasteiger partial charge in [-0.3, -0.25) is 14.4 Å². The monoisotopic (exact) mass is 249 g/mol. The molecule has 1 aromatic heterocycles. The molecule has 3 unspecified atom stereocenters. The lowest BCUT2D eigenvalue weighted by atomic mass is 9.89. The number of rotatable bonds is 3. The van der Waals surface area contributed by atoms with Gasteiger partial charge in [-0.1, -0.05) is 0 Å². The fraction of sp³-hybridized carbons (Fsp3) is 0.692. The minimum Gasteiger partial charge on any atom is -0.481 e. The van der Waals surface area contributed by atoms with Crippen molar-refractivity contribution in [3.05, 3.63) is 17.5 Å². The molecule has 18 heavy (non-hydrogen) atoms. The summed E-state index contributed by atoms with van der Waals surface area (Å²) in [5.41, 5.74) is 2.20. The predicted octanol–water partition coefficient (Wildman–Crippen LogP) is 1.17. The highest BCUT2D eigenvalue weighted by molar-refractivity contribution is 5.71. The van der Waals surface area contributed by atoms with Crippen LogP contribution in [0.5, 0.6) is 0 Å². The zero-order valence-corrected chi connectivity index (χ0v) is 10.8. The van der Waals surface area contributed by atoms with Gasteiger partial charge in [0.2, 0.25) is 0 Å². The minimum atomic E-state index is -0.631. The fourth-order valence-corrected chi connectivity index (χ4v) is 3.61. The van der Waals surface area contributed by atoms with Crippen LogP contribution in [-0.2, 0) is 18.4 Å². The van der Waals surface area contributed by atoms with E-state index in [9.17, 15) is 9.90 Å². The van der Waals surface area contributed by atoms with Gasteiger partial charge in [0, 0.05) is 25.7 Å². The van der Waals surface area contributed by atoms with Gasteiger partial charge < -0.3 is 5.11 Å². The van der Waals surface area contributed by atoms with Gasteiger partial charge in [0.15, 0.2) is 0 Å². The van der Waals surface area contributed by atoms with Gasteiger partial charge in [-0.15, -0.1) is 0 Å². The summed E-state index contributed by atoms with van der Waals surface area (Å²) in [5, 5.41) is 13.6. The van der Waals surface area contributed by atoms with Crippen LogP contribution in [0.2, 0.25) is 0 Å². The summed E-state index contributed by atoms with van der Waals surface area (Å²) >= 11 is 0. The van der Waals surface area contributed by atoms with Crippen molar-refractivity contribution in [1.29, 1.82) is 0 Å². The van der Waals surface area contributed by atoms with Crippen LogP contribution >= 0.6 is 0 Å². The Morgan fingerprint density at radius 2 is 2.33 bits per heavy atom. The van der Waals surface area contributed by atoms with Crippen molar-refractivity contribution < 1.29 is 9.90 Å². The lowest BCUT2D eigenvalue weighted by Crippen LogP contribution is -2.33. The van der Waals surface area contributed by atoms with E-state index in [0.29, 0.717) is 6.04 Å². The maximum absolute atomic E-state index is 11.2. The van der Waals surface area contributed by atoms with Gasteiger partial charge in [-0.2, -0.15) is 5.10 Å². The molecule has 5 heteroatoms. The zero-order chi connectivity index (χ0) is 12.9. The quantitative estimate of drug-likeness (QED) is 0.873. The predicted molar refractivity (Wildman–Crippen MR) is 66.0 cm³/mol. The number of aliphatic carboxylic acids is 1. The van der Waals surface area contributed by atoms with Gasteiger partial charge in [-0.05, 0) is 32.3 Å². The molecule has 3 heterocycles. The third-order valence-electron chi connectivity index (χ3n) is 4.44. The third kappa shape index (κ3) is 1.73. The summed E-state index contributed by atoms with van der Waals surface area (Å²) in [6.07, 6.45) is 2.99. The van der Waals surface area contributed by atoms with E-state index in [-0.39, 0.29) is 12.0 Å². The van der Waals surface area contributed by atoms with Crippen molar-refractivity contribution in [1.82, 2.24) is 14.7 Å². The number of nitrogens with zero attached hydrogens (tertiary/aromatic N) is 3. The molecule has 0 aliphatic carbocycles. The zero-order valence-electron chi connectivity index (χ0n) is 10.8. The SMILES string of the molecule is Cc1cc(CN2C3CCC2C(C(=O)O)C3)n(C)n1. The molecule has 2 bridgehead atoms. The molecule has 0 aromatic carbocycles. The van der Waals surface area contributed by atoms with Crippen LogP contribution in [0.4, 0.5) is 0 Å². The van der Waals surface area contributed by atoms with Gasteiger partial charge in [-0.25, -0.2) is 0 Å². The van der Waals surface area contributed by atoms with E-state index >= 15 is 0 Å². The first kappa shape index (κ1) is 11.7. The number of fused-ring (bicyclic) bond motifs is 2. The van der Waals surface area contributed by atoms with Crippen molar-refractivity contribution in [2.75, 3.05) is 0 Å². The Labute approximate surface area is 106 Å². The van der Waals surface area contributed by atoms with Crippen LogP contribution in [0.3, 0.4) is 0 Å². The molecule has 3 atom stereocenters. The lowest BCUT2D eigenvalue weighted by Gasteiger charge is -2.22. The molecular formula is C13H19N3O2. The van der Waals surface area contributed by atoms with Crippen molar-refractivity contribution in [3.63, 3.8) is 0 Å². The van der Waals surface area contributed by atoms with Crippen LogP contribution in [-0.4, -0.2) is 37.8 Å². The van der Waals surface area contributed by atoms with Crippen molar-refractivity contribution >= 4 is 5.97 Å². The second kappa shape index (κ2) is 4.09. The number of hydrogen-bond donors (Lipinski definition) is 1. The Morgan fingerprint density at radius 3 is 2.89 bits per heavy atom. The van der Waals surface area contributed by atoms with E-state index in [0.717, 1.165) is 31.5 Å². The maximum atomic E-state index is 11.2. The van der Waals surface area contributed by atoms with Crippen molar-refractivity contribution in [2.24, 2.45) is 13.0 Å². The van der Waals surface area contributed by atoms with E-state index in [1.807, 2.05) is 18.7 Å². The Kier molecular flexibility index (Phi) is 2.66. The molecule has 3 rings (SSSR count). The summed E-state index contributed by atoms with van der Waals surface area (Å²) in [6.45, 7) is 2.82.